The Kier molecular flexibility index (Phi) is 3.07. The molecule has 124 valence electrons. The van der Waals surface area contributed by atoms with Gasteiger partial charge in [-0.3, -0.25) is 9.29 Å². The maximum Gasteiger partial charge on any atom is 0.326 e. The average molecular weight is 347 g/mol. The highest BCUT2D eigenvalue weighted by Gasteiger charge is 2.20. The van der Waals surface area contributed by atoms with Crippen LogP contribution in [-0.2, 0) is 17.1 Å². The third kappa shape index (κ3) is 2.29. The molecule has 1 aromatic heterocycles. The van der Waals surface area contributed by atoms with Crippen LogP contribution < -0.4 is 19.9 Å². The second-order valence-electron chi connectivity index (χ2n) is 5.34. The fourth-order valence-electron chi connectivity index (χ4n) is 2.56. The number of ether oxygens (including phenoxy) is 2. The van der Waals surface area contributed by atoms with Gasteiger partial charge in [-0.05, 0) is 30.3 Å². The van der Waals surface area contributed by atoms with Crippen molar-refractivity contribution < 1.29 is 17.9 Å². The first-order valence-corrected chi connectivity index (χ1v) is 8.53. The molecule has 0 spiro atoms. The zero-order chi connectivity index (χ0) is 16.9. The van der Waals surface area contributed by atoms with Gasteiger partial charge in [0.15, 0.2) is 11.5 Å². The number of imidazole rings is 1. The van der Waals surface area contributed by atoms with Crippen molar-refractivity contribution in [3.63, 3.8) is 0 Å². The summed E-state index contributed by atoms with van der Waals surface area (Å²) in [6.45, 7) is 0.0737. The monoisotopic (exact) mass is 347 g/mol. The van der Waals surface area contributed by atoms with Crippen molar-refractivity contribution in [1.29, 1.82) is 0 Å². The Morgan fingerprint density at radius 2 is 1.92 bits per heavy atom. The smallest absolute Gasteiger partial charge is 0.326 e. The molecule has 2 aromatic carbocycles. The number of benzene rings is 2. The van der Waals surface area contributed by atoms with Crippen LogP contribution in [0, 0.1) is 0 Å². The first-order chi connectivity index (χ1) is 11.4. The Morgan fingerprint density at radius 3 is 2.75 bits per heavy atom. The van der Waals surface area contributed by atoms with Crippen molar-refractivity contribution in [3.8, 4) is 11.5 Å². The third-order valence-electron chi connectivity index (χ3n) is 3.81. The molecule has 0 aliphatic carbocycles. The van der Waals surface area contributed by atoms with Crippen LogP contribution >= 0.6 is 0 Å². The van der Waals surface area contributed by atoms with Crippen molar-refractivity contribution in [2.45, 2.75) is 4.90 Å². The minimum atomic E-state index is -3.79. The zero-order valence-electron chi connectivity index (χ0n) is 12.6. The van der Waals surface area contributed by atoms with E-state index in [9.17, 15) is 13.2 Å². The molecule has 9 heteroatoms. The molecule has 1 aliphatic rings. The normalized spacial score (nSPS) is 13.4. The van der Waals surface area contributed by atoms with Crippen molar-refractivity contribution in [3.05, 3.63) is 46.9 Å². The SMILES string of the molecule is Cn1c(=O)[nH]c2cc(NS(=O)(=O)c3ccc4c(c3)OCO4)ccc21. The van der Waals surface area contributed by atoms with Gasteiger partial charge in [-0.2, -0.15) is 0 Å². The van der Waals surface area contributed by atoms with Crippen LogP contribution in [0.3, 0.4) is 0 Å². The number of hydrogen-bond acceptors (Lipinski definition) is 5. The number of anilines is 1. The molecule has 0 unspecified atom stereocenters. The van der Waals surface area contributed by atoms with Gasteiger partial charge in [0.25, 0.3) is 10.0 Å². The molecule has 0 saturated carbocycles. The molecule has 24 heavy (non-hydrogen) atoms. The fourth-order valence-corrected chi connectivity index (χ4v) is 3.62. The van der Waals surface area contributed by atoms with Crippen LogP contribution in [0.2, 0.25) is 0 Å². The average Bonchev–Trinajstić information content (AvgIpc) is 3.11. The van der Waals surface area contributed by atoms with E-state index in [0.29, 0.717) is 28.2 Å². The van der Waals surface area contributed by atoms with Crippen molar-refractivity contribution in [1.82, 2.24) is 9.55 Å². The largest absolute Gasteiger partial charge is 0.454 e. The number of hydrogen-bond donors (Lipinski definition) is 2. The van der Waals surface area contributed by atoms with E-state index in [1.807, 2.05) is 0 Å². The van der Waals surface area contributed by atoms with Crippen molar-refractivity contribution >= 4 is 26.7 Å². The number of aryl methyl sites for hydroxylation is 1. The molecule has 0 bridgehead atoms. The Balaban J connectivity index is 1.70. The highest BCUT2D eigenvalue weighted by atomic mass is 32.2. The summed E-state index contributed by atoms with van der Waals surface area (Å²) >= 11 is 0. The van der Waals surface area contributed by atoms with E-state index < -0.39 is 10.0 Å². The predicted molar refractivity (Wildman–Crippen MR) is 86.9 cm³/mol. The number of aromatic nitrogens is 2. The number of H-pyrrole nitrogens is 1. The van der Waals surface area contributed by atoms with Gasteiger partial charge >= 0.3 is 5.69 Å². The van der Waals surface area contributed by atoms with E-state index in [-0.39, 0.29) is 17.4 Å². The molecule has 0 saturated heterocycles. The zero-order valence-corrected chi connectivity index (χ0v) is 13.4. The molecule has 2 heterocycles. The molecule has 0 radical (unpaired) electrons. The molecule has 4 rings (SSSR count). The second kappa shape index (κ2) is 5.03. The maximum absolute atomic E-state index is 12.5. The van der Waals surface area contributed by atoms with Gasteiger partial charge in [0, 0.05) is 13.1 Å². The summed E-state index contributed by atoms with van der Waals surface area (Å²) in [7, 11) is -2.15. The first kappa shape index (κ1) is 14.6. The van der Waals surface area contributed by atoms with Crippen LogP contribution in [0.15, 0.2) is 46.1 Å². The van der Waals surface area contributed by atoms with Crippen molar-refractivity contribution in [2.24, 2.45) is 7.05 Å². The lowest BCUT2D eigenvalue weighted by Crippen LogP contribution is -2.12. The van der Waals surface area contributed by atoms with Crippen molar-refractivity contribution in [2.75, 3.05) is 11.5 Å². The number of fused-ring (bicyclic) bond motifs is 2. The Labute approximate surface area is 136 Å². The fraction of sp³-hybridized carbons (Fsp3) is 0.133. The summed E-state index contributed by atoms with van der Waals surface area (Å²) in [4.78, 5) is 14.3. The summed E-state index contributed by atoms with van der Waals surface area (Å²) in [5.41, 5.74) is 1.32. The van der Waals surface area contributed by atoms with E-state index in [1.165, 1.54) is 16.7 Å². The molecular weight excluding hydrogens is 334 g/mol. The molecule has 0 amide bonds. The minimum Gasteiger partial charge on any atom is -0.454 e. The van der Waals surface area contributed by atoms with Crippen LogP contribution in [0.25, 0.3) is 11.0 Å². The number of aromatic amines is 1. The Hall–Kier alpha value is -2.94. The highest BCUT2D eigenvalue weighted by Crippen LogP contribution is 2.34. The molecular formula is C15H13N3O5S. The molecule has 0 fully saturated rings. The number of nitrogens with zero attached hydrogens (tertiary/aromatic N) is 1. The van der Waals surface area contributed by atoms with Gasteiger partial charge in [-0.15, -0.1) is 0 Å². The van der Waals surface area contributed by atoms with E-state index in [2.05, 4.69) is 9.71 Å². The summed E-state index contributed by atoms with van der Waals surface area (Å²) in [6, 6.07) is 9.24. The summed E-state index contributed by atoms with van der Waals surface area (Å²) in [5.74, 6) is 0.901. The van der Waals surface area contributed by atoms with Gasteiger partial charge < -0.3 is 14.5 Å². The van der Waals surface area contributed by atoms with Gasteiger partial charge in [-0.1, -0.05) is 0 Å². The molecule has 8 nitrogen and oxygen atoms in total. The molecule has 1 aliphatic heterocycles. The molecule has 0 atom stereocenters. The van der Waals surface area contributed by atoms with Gasteiger partial charge in [0.2, 0.25) is 6.79 Å². The van der Waals surface area contributed by atoms with Gasteiger partial charge in [0.1, 0.15) is 0 Å². The minimum absolute atomic E-state index is 0.0633. The summed E-state index contributed by atoms with van der Waals surface area (Å²) in [5, 5.41) is 0. The van der Waals surface area contributed by atoms with Crippen LogP contribution in [-0.4, -0.2) is 24.8 Å². The Morgan fingerprint density at radius 1 is 1.12 bits per heavy atom. The lowest BCUT2D eigenvalue weighted by atomic mass is 10.3. The van der Waals surface area contributed by atoms with E-state index >= 15 is 0 Å². The molecule has 3 aromatic rings. The van der Waals surface area contributed by atoms with E-state index in [1.54, 1.807) is 31.3 Å². The standard InChI is InChI=1S/C15H13N3O5S/c1-18-12-4-2-9(6-11(12)16-15(18)19)17-24(20,21)10-3-5-13-14(7-10)23-8-22-13/h2-7,17H,8H2,1H3,(H,16,19). The van der Waals surface area contributed by atoms with Gasteiger partial charge in [-0.25, -0.2) is 13.2 Å². The lowest BCUT2D eigenvalue weighted by Gasteiger charge is -2.09. The Bertz CT molecular complexity index is 1110. The van der Waals surface area contributed by atoms with Crippen LogP contribution in [0.4, 0.5) is 5.69 Å². The highest BCUT2D eigenvalue weighted by molar-refractivity contribution is 7.92. The van der Waals surface area contributed by atoms with Crippen LogP contribution in [0.5, 0.6) is 11.5 Å². The molecule has 2 N–H and O–H groups in total. The summed E-state index contributed by atoms with van der Waals surface area (Å²) in [6.07, 6.45) is 0. The van der Waals surface area contributed by atoms with E-state index in [4.69, 9.17) is 9.47 Å². The van der Waals surface area contributed by atoms with Crippen LogP contribution in [0.1, 0.15) is 0 Å². The first-order valence-electron chi connectivity index (χ1n) is 7.05. The lowest BCUT2D eigenvalue weighted by molar-refractivity contribution is 0.174. The number of rotatable bonds is 3. The maximum atomic E-state index is 12.5. The number of nitrogens with one attached hydrogen (secondary N) is 2. The second-order valence-corrected chi connectivity index (χ2v) is 7.02. The number of sulfonamides is 1. The quantitative estimate of drug-likeness (QED) is 0.745. The topological polar surface area (TPSA) is 102 Å². The third-order valence-corrected chi connectivity index (χ3v) is 5.19. The van der Waals surface area contributed by atoms with Gasteiger partial charge in [0.05, 0.1) is 21.6 Å². The summed E-state index contributed by atoms with van der Waals surface area (Å²) < 4.78 is 39.4. The van der Waals surface area contributed by atoms with E-state index in [0.717, 1.165) is 0 Å². The predicted octanol–water partition coefficient (Wildman–Crippen LogP) is 1.40.